The van der Waals surface area contributed by atoms with E-state index >= 15 is 0 Å². The molecule has 0 bridgehead atoms. The Morgan fingerprint density at radius 2 is 2.00 bits per heavy atom. The average molecular weight is 315 g/mol. The van der Waals surface area contributed by atoms with Gasteiger partial charge >= 0.3 is 11.9 Å². The van der Waals surface area contributed by atoms with E-state index in [1.165, 1.54) is 7.11 Å². The highest BCUT2D eigenvalue weighted by molar-refractivity contribution is 5.86. The molecule has 0 aromatic heterocycles. The van der Waals surface area contributed by atoms with Gasteiger partial charge in [-0.1, -0.05) is 0 Å². The van der Waals surface area contributed by atoms with Gasteiger partial charge in [-0.15, -0.1) is 0 Å². The molecule has 0 aliphatic carbocycles. The van der Waals surface area contributed by atoms with Crippen LogP contribution in [0.3, 0.4) is 0 Å². The molecule has 1 aliphatic rings. The zero-order valence-corrected chi connectivity index (χ0v) is 13.6. The summed E-state index contributed by atoms with van der Waals surface area (Å²) in [5, 5.41) is 2.63. The lowest BCUT2D eigenvalue weighted by molar-refractivity contribution is -0.155. The summed E-state index contributed by atoms with van der Waals surface area (Å²) in [6.45, 7) is 6.20. The molecule has 0 spiro atoms. The van der Waals surface area contributed by atoms with E-state index in [9.17, 15) is 14.4 Å². The molecule has 1 amide bonds. The second-order valence-corrected chi connectivity index (χ2v) is 6.27. The van der Waals surface area contributed by atoms with E-state index in [1.54, 1.807) is 20.8 Å². The van der Waals surface area contributed by atoms with Crippen molar-refractivity contribution in [3.05, 3.63) is 0 Å². The van der Waals surface area contributed by atoms with Gasteiger partial charge in [0.25, 0.3) is 0 Å². The van der Waals surface area contributed by atoms with Crippen molar-refractivity contribution < 1.29 is 28.6 Å². The van der Waals surface area contributed by atoms with Crippen LogP contribution in [0.4, 0.5) is 0 Å². The Labute approximate surface area is 130 Å². The summed E-state index contributed by atoms with van der Waals surface area (Å²) < 4.78 is 15.0. The van der Waals surface area contributed by atoms with Crippen molar-refractivity contribution in [2.45, 2.75) is 51.7 Å². The Balaban J connectivity index is 2.52. The van der Waals surface area contributed by atoms with Crippen LogP contribution in [-0.4, -0.2) is 49.8 Å². The Morgan fingerprint density at radius 3 is 2.50 bits per heavy atom. The highest BCUT2D eigenvalue weighted by Gasteiger charge is 2.29. The third kappa shape index (κ3) is 6.43. The van der Waals surface area contributed by atoms with Gasteiger partial charge < -0.3 is 19.5 Å². The number of methoxy groups -OCH3 is 1. The topological polar surface area (TPSA) is 90.9 Å². The number of carbonyl (C=O) groups is 3. The standard InChI is InChI=1S/C15H25NO6/c1-15(2,3)22-12(17)6-5-11(14(19)20-4)16-13(18)10-7-8-21-9-10/h10-11H,5-9H2,1-4H3,(H,16,18)/t10-,11+/m0/s1. The van der Waals surface area contributed by atoms with E-state index in [2.05, 4.69) is 10.1 Å². The van der Waals surface area contributed by atoms with Crippen molar-refractivity contribution in [2.75, 3.05) is 20.3 Å². The van der Waals surface area contributed by atoms with Gasteiger partial charge in [0.1, 0.15) is 11.6 Å². The van der Waals surface area contributed by atoms with Crippen LogP contribution >= 0.6 is 0 Å². The van der Waals surface area contributed by atoms with Gasteiger partial charge in [-0.3, -0.25) is 9.59 Å². The van der Waals surface area contributed by atoms with Crippen molar-refractivity contribution in [3.8, 4) is 0 Å². The molecule has 0 radical (unpaired) electrons. The van der Waals surface area contributed by atoms with Gasteiger partial charge in [-0.2, -0.15) is 0 Å². The Kier molecular flexibility index (Phi) is 6.80. The zero-order chi connectivity index (χ0) is 16.8. The van der Waals surface area contributed by atoms with Crippen molar-refractivity contribution in [3.63, 3.8) is 0 Å². The Hall–Kier alpha value is -1.63. The lowest BCUT2D eigenvalue weighted by atomic mass is 10.1. The highest BCUT2D eigenvalue weighted by Crippen LogP contribution is 2.14. The molecule has 22 heavy (non-hydrogen) atoms. The van der Waals surface area contributed by atoms with Gasteiger partial charge in [-0.25, -0.2) is 4.79 Å². The van der Waals surface area contributed by atoms with Gasteiger partial charge in [0, 0.05) is 13.0 Å². The maximum atomic E-state index is 12.0. The number of hydrogen-bond acceptors (Lipinski definition) is 6. The lowest BCUT2D eigenvalue weighted by Crippen LogP contribution is -2.44. The number of carbonyl (C=O) groups excluding carboxylic acids is 3. The summed E-state index contributed by atoms with van der Waals surface area (Å²) in [6.07, 6.45) is 0.797. The second-order valence-electron chi connectivity index (χ2n) is 6.27. The fourth-order valence-corrected chi connectivity index (χ4v) is 2.08. The minimum atomic E-state index is -0.856. The smallest absolute Gasteiger partial charge is 0.328 e. The minimum absolute atomic E-state index is 0.0263. The molecule has 0 aromatic rings. The summed E-state index contributed by atoms with van der Waals surface area (Å²) in [6, 6.07) is -0.856. The minimum Gasteiger partial charge on any atom is -0.467 e. The van der Waals surface area contributed by atoms with E-state index in [-0.39, 0.29) is 24.7 Å². The van der Waals surface area contributed by atoms with Crippen LogP contribution in [0, 0.1) is 5.92 Å². The molecule has 1 rings (SSSR count). The fraction of sp³-hybridized carbons (Fsp3) is 0.800. The number of ether oxygens (including phenoxy) is 3. The van der Waals surface area contributed by atoms with Gasteiger partial charge in [-0.05, 0) is 33.6 Å². The molecule has 126 valence electrons. The Morgan fingerprint density at radius 1 is 1.32 bits per heavy atom. The molecular weight excluding hydrogens is 290 g/mol. The number of hydrogen-bond donors (Lipinski definition) is 1. The molecule has 1 fully saturated rings. The predicted octanol–water partition coefficient (Wildman–Crippen LogP) is 0.803. The van der Waals surface area contributed by atoms with Crippen molar-refractivity contribution in [2.24, 2.45) is 5.92 Å². The van der Waals surface area contributed by atoms with E-state index < -0.39 is 23.6 Å². The van der Waals surface area contributed by atoms with E-state index in [0.717, 1.165) is 0 Å². The normalized spacial score (nSPS) is 19.4. The summed E-state index contributed by atoms with van der Waals surface area (Å²) in [7, 11) is 1.24. The number of nitrogens with one attached hydrogen (secondary N) is 1. The molecule has 0 unspecified atom stereocenters. The second kappa shape index (κ2) is 8.12. The van der Waals surface area contributed by atoms with E-state index in [0.29, 0.717) is 19.6 Å². The SMILES string of the molecule is COC(=O)[C@@H](CCC(=O)OC(C)(C)C)NC(=O)[C@H]1CCOC1. The molecule has 7 heteroatoms. The predicted molar refractivity (Wildman–Crippen MR) is 78.0 cm³/mol. The largest absolute Gasteiger partial charge is 0.467 e. The average Bonchev–Trinajstić information content (AvgIpc) is 2.94. The van der Waals surface area contributed by atoms with Crippen molar-refractivity contribution in [1.29, 1.82) is 0 Å². The molecule has 1 aliphatic heterocycles. The number of esters is 2. The maximum Gasteiger partial charge on any atom is 0.328 e. The number of amides is 1. The van der Waals surface area contributed by atoms with Crippen LogP contribution in [0.1, 0.15) is 40.0 Å². The highest BCUT2D eigenvalue weighted by atomic mass is 16.6. The molecule has 2 atom stereocenters. The lowest BCUT2D eigenvalue weighted by Gasteiger charge is -2.21. The van der Waals surface area contributed by atoms with Gasteiger partial charge in [0.15, 0.2) is 0 Å². The molecule has 0 aromatic carbocycles. The molecule has 1 saturated heterocycles. The van der Waals surface area contributed by atoms with Crippen LogP contribution in [-0.2, 0) is 28.6 Å². The summed E-state index contributed by atoms with van der Waals surface area (Å²) in [4.78, 5) is 35.5. The third-order valence-electron chi connectivity index (χ3n) is 3.16. The first-order valence-corrected chi connectivity index (χ1v) is 7.40. The van der Waals surface area contributed by atoms with Crippen LogP contribution in [0.25, 0.3) is 0 Å². The third-order valence-corrected chi connectivity index (χ3v) is 3.16. The first-order valence-electron chi connectivity index (χ1n) is 7.40. The molecule has 0 saturated carbocycles. The molecule has 1 heterocycles. The van der Waals surface area contributed by atoms with Crippen LogP contribution in [0.15, 0.2) is 0 Å². The quantitative estimate of drug-likeness (QED) is 0.729. The fourth-order valence-electron chi connectivity index (χ4n) is 2.08. The first-order chi connectivity index (χ1) is 10.2. The first kappa shape index (κ1) is 18.4. The van der Waals surface area contributed by atoms with Crippen LogP contribution in [0.5, 0.6) is 0 Å². The van der Waals surface area contributed by atoms with E-state index in [1.807, 2.05) is 0 Å². The van der Waals surface area contributed by atoms with Crippen molar-refractivity contribution >= 4 is 17.8 Å². The van der Waals surface area contributed by atoms with Crippen molar-refractivity contribution in [1.82, 2.24) is 5.32 Å². The molecular formula is C15H25NO6. The number of rotatable bonds is 6. The summed E-state index contributed by atoms with van der Waals surface area (Å²) in [5.41, 5.74) is -0.581. The summed E-state index contributed by atoms with van der Waals surface area (Å²) in [5.74, 6) is -1.50. The van der Waals surface area contributed by atoms with Gasteiger partial charge in [0.2, 0.25) is 5.91 Å². The van der Waals surface area contributed by atoms with Crippen LogP contribution in [0.2, 0.25) is 0 Å². The zero-order valence-electron chi connectivity index (χ0n) is 13.6. The van der Waals surface area contributed by atoms with E-state index in [4.69, 9.17) is 9.47 Å². The van der Waals surface area contributed by atoms with Crippen LogP contribution < -0.4 is 5.32 Å². The summed E-state index contributed by atoms with van der Waals surface area (Å²) >= 11 is 0. The maximum absolute atomic E-state index is 12.0. The Bertz CT molecular complexity index is 409. The molecule has 7 nitrogen and oxygen atoms in total. The monoisotopic (exact) mass is 315 g/mol. The van der Waals surface area contributed by atoms with Gasteiger partial charge in [0.05, 0.1) is 19.6 Å². The molecule has 1 N–H and O–H groups in total.